The molecular weight excluding hydrogens is 174 g/mol. The molecule has 1 unspecified atom stereocenters. The van der Waals surface area contributed by atoms with Crippen LogP contribution >= 0.6 is 0 Å². The molecule has 14 heavy (non-hydrogen) atoms. The standard InChI is InChI=1S/C12H15NO/c1-3-13-8-10-6-4-5-7-11(10)12(13)9(2)14/h4-7,12H,3,8H2,1-2H3. The molecule has 1 aromatic rings. The van der Waals surface area contributed by atoms with Gasteiger partial charge in [-0.25, -0.2) is 0 Å². The molecule has 2 nitrogen and oxygen atoms in total. The number of Topliss-reactive ketones (excluding diaryl/α,β-unsaturated/α-hetero) is 1. The predicted molar refractivity (Wildman–Crippen MR) is 55.9 cm³/mol. The van der Waals surface area contributed by atoms with Gasteiger partial charge in [0.1, 0.15) is 0 Å². The summed E-state index contributed by atoms with van der Waals surface area (Å²) in [4.78, 5) is 13.8. The topological polar surface area (TPSA) is 20.3 Å². The number of carbonyl (C=O) groups is 1. The number of carbonyl (C=O) groups excluding carboxylic acids is 1. The number of rotatable bonds is 2. The number of benzene rings is 1. The maximum Gasteiger partial charge on any atom is 0.151 e. The number of nitrogens with zero attached hydrogens (tertiary/aromatic N) is 1. The zero-order chi connectivity index (χ0) is 10.1. The van der Waals surface area contributed by atoms with Crippen molar-refractivity contribution in [3.8, 4) is 0 Å². The Morgan fingerprint density at radius 1 is 1.50 bits per heavy atom. The molecule has 0 spiro atoms. The van der Waals surface area contributed by atoms with Crippen molar-refractivity contribution in [1.82, 2.24) is 4.90 Å². The molecule has 74 valence electrons. The lowest BCUT2D eigenvalue weighted by Crippen LogP contribution is -2.26. The van der Waals surface area contributed by atoms with Crippen LogP contribution in [0.5, 0.6) is 0 Å². The van der Waals surface area contributed by atoms with E-state index >= 15 is 0 Å². The van der Waals surface area contributed by atoms with E-state index in [1.54, 1.807) is 6.92 Å². The van der Waals surface area contributed by atoms with E-state index in [-0.39, 0.29) is 11.8 Å². The van der Waals surface area contributed by atoms with Gasteiger partial charge in [0.2, 0.25) is 0 Å². The summed E-state index contributed by atoms with van der Waals surface area (Å²) >= 11 is 0. The van der Waals surface area contributed by atoms with E-state index in [2.05, 4.69) is 24.0 Å². The van der Waals surface area contributed by atoms with Gasteiger partial charge < -0.3 is 0 Å². The van der Waals surface area contributed by atoms with Crippen LogP contribution in [0.3, 0.4) is 0 Å². The normalized spacial score (nSPS) is 20.9. The lowest BCUT2D eigenvalue weighted by atomic mass is 10.0. The molecule has 0 aliphatic carbocycles. The van der Waals surface area contributed by atoms with Crippen LogP contribution in [0.4, 0.5) is 0 Å². The lowest BCUT2D eigenvalue weighted by Gasteiger charge is -2.20. The van der Waals surface area contributed by atoms with E-state index in [9.17, 15) is 4.79 Å². The van der Waals surface area contributed by atoms with Crippen LogP contribution in [0.1, 0.15) is 31.0 Å². The summed E-state index contributed by atoms with van der Waals surface area (Å²) in [6.45, 7) is 5.62. The molecule has 1 aromatic carbocycles. The van der Waals surface area contributed by atoms with Crippen LogP contribution in [-0.4, -0.2) is 17.2 Å². The van der Waals surface area contributed by atoms with Crippen molar-refractivity contribution in [2.45, 2.75) is 26.4 Å². The molecule has 0 aromatic heterocycles. The highest BCUT2D eigenvalue weighted by Gasteiger charge is 2.31. The lowest BCUT2D eigenvalue weighted by molar-refractivity contribution is -0.122. The summed E-state index contributed by atoms with van der Waals surface area (Å²) < 4.78 is 0. The fourth-order valence-corrected chi connectivity index (χ4v) is 2.22. The average molecular weight is 189 g/mol. The summed E-state index contributed by atoms with van der Waals surface area (Å²) in [5.74, 6) is 0.247. The summed E-state index contributed by atoms with van der Waals surface area (Å²) in [5, 5.41) is 0. The zero-order valence-electron chi connectivity index (χ0n) is 8.66. The van der Waals surface area contributed by atoms with Gasteiger partial charge in [-0.05, 0) is 24.6 Å². The van der Waals surface area contributed by atoms with E-state index in [0.29, 0.717) is 0 Å². The fraction of sp³-hybridized carbons (Fsp3) is 0.417. The van der Waals surface area contributed by atoms with Gasteiger partial charge in [0.05, 0.1) is 6.04 Å². The van der Waals surface area contributed by atoms with Gasteiger partial charge in [-0.3, -0.25) is 9.69 Å². The van der Waals surface area contributed by atoms with Gasteiger partial charge in [0, 0.05) is 6.54 Å². The molecule has 1 aliphatic heterocycles. The first-order valence-corrected chi connectivity index (χ1v) is 5.06. The summed E-state index contributed by atoms with van der Waals surface area (Å²) in [5.41, 5.74) is 2.50. The first kappa shape index (κ1) is 9.41. The monoisotopic (exact) mass is 189 g/mol. The van der Waals surface area contributed by atoms with Crippen molar-refractivity contribution < 1.29 is 4.79 Å². The number of likely N-dealkylation sites (N-methyl/N-ethyl adjacent to an activating group) is 1. The second kappa shape index (κ2) is 3.54. The Labute approximate surface area is 84.5 Å². The predicted octanol–water partition coefficient (Wildman–Crippen LogP) is 2.15. The van der Waals surface area contributed by atoms with Gasteiger partial charge >= 0.3 is 0 Å². The SMILES string of the molecule is CCN1Cc2ccccc2C1C(C)=O. The smallest absolute Gasteiger partial charge is 0.151 e. The van der Waals surface area contributed by atoms with E-state index < -0.39 is 0 Å². The number of fused-ring (bicyclic) bond motifs is 1. The third kappa shape index (κ3) is 1.36. The minimum atomic E-state index is -0.00352. The number of ketones is 1. The molecule has 2 heteroatoms. The van der Waals surface area contributed by atoms with Crippen LogP contribution in [0.25, 0.3) is 0 Å². The second-order valence-electron chi connectivity index (χ2n) is 3.78. The molecule has 0 fully saturated rings. The highest BCUT2D eigenvalue weighted by atomic mass is 16.1. The van der Waals surface area contributed by atoms with Gasteiger partial charge in [-0.15, -0.1) is 0 Å². The Hall–Kier alpha value is -1.15. The Balaban J connectivity index is 2.42. The van der Waals surface area contributed by atoms with Crippen LogP contribution in [0.2, 0.25) is 0 Å². The molecule has 1 aliphatic rings. The maximum absolute atomic E-state index is 11.5. The van der Waals surface area contributed by atoms with E-state index in [0.717, 1.165) is 13.1 Å². The number of hydrogen-bond acceptors (Lipinski definition) is 2. The molecule has 0 saturated carbocycles. The van der Waals surface area contributed by atoms with Gasteiger partial charge in [0.15, 0.2) is 5.78 Å². The van der Waals surface area contributed by atoms with E-state index in [4.69, 9.17) is 0 Å². The number of hydrogen-bond donors (Lipinski definition) is 0. The molecular formula is C12H15NO. The highest BCUT2D eigenvalue weighted by molar-refractivity contribution is 5.84. The Bertz CT molecular complexity index is 359. The highest BCUT2D eigenvalue weighted by Crippen LogP contribution is 2.33. The van der Waals surface area contributed by atoms with Crippen LogP contribution < -0.4 is 0 Å². The largest absolute Gasteiger partial charge is 0.298 e. The first-order valence-electron chi connectivity index (χ1n) is 5.06. The molecule has 2 rings (SSSR count). The Morgan fingerprint density at radius 2 is 2.21 bits per heavy atom. The molecule has 0 amide bonds. The van der Waals surface area contributed by atoms with Gasteiger partial charge in [-0.2, -0.15) is 0 Å². The van der Waals surface area contributed by atoms with E-state index in [1.165, 1.54) is 11.1 Å². The fourth-order valence-electron chi connectivity index (χ4n) is 2.22. The summed E-state index contributed by atoms with van der Waals surface area (Å²) in [6.07, 6.45) is 0. The summed E-state index contributed by atoms with van der Waals surface area (Å²) in [6, 6.07) is 8.22. The third-order valence-corrected chi connectivity index (χ3v) is 2.88. The minimum Gasteiger partial charge on any atom is -0.298 e. The molecule has 0 radical (unpaired) electrons. The molecule has 0 N–H and O–H groups in total. The molecule has 0 saturated heterocycles. The average Bonchev–Trinajstić information content (AvgIpc) is 2.55. The van der Waals surface area contributed by atoms with Crippen molar-refractivity contribution >= 4 is 5.78 Å². The third-order valence-electron chi connectivity index (χ3n) is 2.88. The van der Waals surface area contributed by atoms with Crippen LogP contribution in [0.15, 0.2) is 24.3 Å². The molecule has 1 heterocycles. The Morgan fingerprint density at radius 3 is 2.86 bits per heavy atom. The summed E-state index contributed by atoms with van der Waals surface area (Å²) in [7, 11) is 0. The van der Waals surface area contributed by atoms with E-state index in [1.807, 2.05) is 12.1 Å². The van der Waals surface area contributed by atoms with Crippen LogP contribution in [-0.2, 0) is 11.3 Å². The zero-order valence-corrected chi connectivity index (χ0v) is 8.66. The minimum absolute atomic E-state index is 0.00352. The first-order chi connectivity index (χ1) is 6.74. The van der Waals surface area contributed by atoms with Crippen molar-refractivity contribution in [3.05, 3.63) is 35.4 Å². The van der Waals surface area contributed by atoms with Gasteiger partial charge in [0.25, 0.3) is 0 Å². The van der Waals surface area contributed by atoms with Crippen molar-refractivity contribution in [3.63, 3.8) is 0 Å². The molecule has 0 bridgehead atoms. The Kier molecular flexibility index (Phi) is 2.38. The van der Waals surface area contributed by atoms with Crippen molar-refractivity contribution in [1.29, 1.82) is 0 Å². The van der Waals surface area contributed by atoms with Crippen molar-refractivity contribution in [2.75, 3.05) is 6.54 Å². The maximum atomic E-state index is 11.5. The van der Waals surface area contributed by atoms with Crippen LogP contribution in [0, 0.1) is 0 Å². The molecule has 1 atom stereocenters. The van der Waals surface area contributed by atoms with Crippen molar-refractivity contribution in [2.24, 2.45) is 0 Å². The quantitative estimate of drug-likeness (QED) is 0.710. The second-order valence-corrected chi connectivity index (χ2v) is 3.78. The van der Waals surface area contributed by atoms with Gasteiger partial charge in [-0.1, -0.05) is 31.2 Å².